The van der Waals surface area contributed by atoms with Crippen molar-refractivity contribution in [3.63, 3.8) is 0 Å². The molecular formula is C17H15F3N4O. The molecule has 0 saturated heterocycles. The van der Waals surface area contributed by atoms with Crippen LogP contribution in [0.15, 0.2) is 42.7 Å². The molecule has 25 heavy (non-hydrogen) atoms. The Balaban J connectivity index is 2.14. The van der Waals surface area contributed by atoms with Crippen LogP contribution >= 0.6 is 0 Å². The Morgan fingerprint density at radius 2 is 2.04 bits per heavy atom. The van der Waals surface area contributed by atoms with Gasteiger partial charge in [-0.3, -0.25) is 9.48 Å². The lowest BCUT2D eigenvalue weighted by Crippen LogP contribution is -2.37. The van der Waals surface area contributed by atoms with E-state index in [9.17, 15) is 18.0 Å². The largest absolute Gasteiger partial charge is 0.406 e. The molecule has 0 radical (unpaired) electrons. The topological polar surface area (TPSA) is 61.9 Å². The molecule has 1 heterocycles. The minimum atomic E-state index is -4.51. The lowest BCUT2D eigenvalue weighted by molar-refractivity contribution is -0.159. The normalized spacial score (nSPS) is 11.5. The van der Waals surface area contributed by atoms with Gasteiger partial charge in [0.1, 0.15) is 6.54 Å². The van der Waals surface area contributed by atoms with Crippen molar-refractivity contribution in [3.05, 3.63) is 59.4 Å². The molecule has 0 unspecified atom stereocenters. The molecule has 2 rings (SSSR count). The second kappa shape index (κ2) is 7.66. The van der Waals surface area contributed by atoms with Crippen LogP contribution in [0.3, 0.4) is 0 Å². The van der Waals surface area contributed by atoms with Gasteiger partial charge in [0.15, 0.2) is 0 Å². The molecule has 0 fully saturated rings. The van der Waals surface area contributed by atoms with E-state index in [4.69, 9.17) is 5.26 Å². The molecule has 1 aromatic heterocycles. The molecule has 1 amide bonds. The number of hydrogen-bond acceptors (Lipinski definition) is 3. The monoisotopic (exact) mass is 348 g/mol. The standard InChI is InChI=1S/C17H15F3N4O/c1-23-10-15(9-22-23)6-7-16(25)24(12-17(18,19)20)11-14-4-2-13(8-21)3-5-14/h2-7,9-10H,11-12H2,1H3/b7-6+. The summed E-state index contributed by atoms with van der Waals surface area (Å²) in [7, 11) is 1.69. The zero-order valence-corrected chi connectivity index (χ0v) is 13.4. The van der Waals surface area contributed by atoms with Crippen LogP contribution in [0.5, 0.6) is 0 Å². The third kappa shape index (κ3) is 5.80. The van der Waals surface area contributed by atoms with E-state index in [1.54, 1.807) is 13.2 Å². The number of aromatic nitrogens is 2. The highest BCUT2D eigenvalue weighted by Gasteiger charge is 2.32. The highest BCUT2D eigenvalue weighted by molar-refractivity contribution is 5.91. The first kappa shape index (κ1) is 18.3. The van der Waals surface area contributed by atoms with E-state index in [0.29, 0.717) is 21.6 Å². The summed E-state index contributed by atoms with van der Waals surface area (Å²) in [6, 6.07) is 7.98. The van der Waals surface area contributed by atoms with Crippen molar-refractivity contribution in [2.45, 2.75) is 12.7 Å². The molecule has 0 bridgehead atoms. The Hall–Kier alpha value is -3.08. The number of halogens is 3. The maximum absolute atomic E-state index is 12.8. The summed E-state index contributed by atoms with van der Waals surface area (Å²) >= 11 is 0. The number of alkyl halides is 3. The predicted octanol–water partition coefficient (Wildman–Crippen LogP) is 2.90. The van der Waals surface area contributed by atoms with Crippen LogP contribution in [0.2, 0.25) is 0 Å². The van der Waals surface area contributed by atoms with Gasteiger partial charge in [0.2, 0.25) is 5.91 Å². The molecule has 5 nitrogen and oxygen atoms in total. The number of aryl methyl sites for hydroxylation is 1. The van der Waals surface area contributed by atoms with Gasteiger partial charge in [0.25, 0.3) is 0 Å². The summed E-state index contributed by atoms with van der Waals surface area (Å²) < 4.78 is 39.9. The number of hydrogen-bond donors (Lipinski definition) is 0. The van der Waals surface area contributed by atoms with Gasteiger partial charge in [0, 0.05) is 31.4 Å². The smallest absolute Gasteiger partial charge is 0.326 e. The summed E-state index contributed by atoms with van der Waals surface area (Å²) in [5.74, 6) is -0.759. The maximum atomic E-state index is 12.8. The maximum Gasteiger partial charge on any atom is 0.406 e. The van der Waals surface area contributed by atoms with Crippen LogP contribution in [-0.4, -0.2) is 33.3 Å². The zero-order valence-electron chi connectivity index (χ0n) is 13.4. The van der Waals surface area contributed by atoms with Crippen molar-refractivity contribution in [1.29, 1.82) is 5.26 Å². The summed E-state index contributed by atoms with van der Waals surface area (Å²) in [6.45, 7) is -1.56. The Bertz CT molecular complexity index is 801. The molecule has 130 valence electrons. The Morgan fingerprint density at radius 1 is 1.36 bits per heavy atom. The molecule has 0 N–H and O–H groups in total. The quantitative estimate of drug-likeness (QED) is 0.781. The van der Waals surface area contributed by atoms with Crippen molar-refractivity contribution >= 4 is 12.0 Å². The average molecular weight is 348 g/mol. The number of nitriles is 1. The van der Waals surface area contributed by atoms with Crippen molar-refractivity contribution in [2.24, 2.45) is 7.05 Å². The number of rotatable bonds is 5. The molecule has 1 aromatic carbocycles. The lowest BCUT2D eigenvalue weighted by atomic mass is 10.1. The van der Waals surface area contributed by atoms with Crippen LogP contribution in [0, 0.1) is 11.3 Å². The van der Waals surface area contributed by atoms with E-state index in [-0.39, 0.29) is 6.54 Å². The van der Waals surface area contributed by atoms with Crippen molar-refractivity contribution in [3.8, 4) is 6.07 Å². The van der Waals surface area contributed by atoms with Gasteiger partial charge in [-0.2, -0.15) is 23.5 Å². The van der Waals surface area contributed by atoms with Crippen LogP contribution in [-0.2, 0) is 18.4 Å². The number of carbonyl (C=O) groups is 1. The van der Waals surface area contributed by atoms with Crippen molar-refractivity contribution in [1.82, 2.24) is 14.7 Å². The first-order chi connectivity index (χ1) is 11.8. The highest BCUT2D eigenvalue weighted by Crippen LogP contribution is 2.19. The van der Waals surface area contributed by atoms with E-state index in [1.165, 1.54) is 41.2 Å². The summed E-state index contributed by atoms with van der Waals surface area (Å²) in [5, 5.41) is 12.7. The van der Waals surface area contributed by atoms with E-state index in [0.717, 1.165) is 6.08 Å². The van der Waals surface area contributed by atoms with Gasteiger partial charge >= 0.3 is 6.18 Å². The Morgan fingerprint density at radius 3 is 2.56 bits per heavy atom. The third-order valence-corrected chi connectivity index (χ3v) is 3.28. The van der Waals surface area contributed by atoms with Gasteiger partial charge in [-0.05, 0) is 23.8 Å². The van der Waals surface area contributed by atoms with Crippen LogP contribution < -0.4 is 0 Å². The number of carbonyl (C=O) groups excluding carboxylic acids is 1. The highest BCUT2D eigenvalue weighted by atomic mass is 19.4. The van der Waals surface area contributed by atoms with E-state index in [2.05, 4.69) is 5.10 Å². The van der Waals surface area contributed by atoms with E-state index in [1.807, 2.05) is 6.07 Å². The van der Waals surface area contributed by atoms with Gasteiger partial charge in [-0.25, -0.2) is 0 Å². The van der Waals surface area contributed by atoms with Crippen LogP contribution in [0.25, 0.3) is 6.08 Å². The second-order valence-electron chi connectivity index (χ2n) is 5.40. The SMILES string of the molecule is Cn1cc(/C=C/C(=O)N(Cc2ccc(C#N)cc2)CC(F)(F)F)cn1. The first-order valence-corrected chi connectivity index (χ1v) is 7.28. The Kier molecular flexibility index (Phi) is 5.60. The molecule has 2 aromatic rings. The lowest BCUT2D eigenvalue weighted by Gasteiger charge is -2.22. The summed E-state index contributed by atoms with van der Waals surface area (Å²) in [6.07, 6.45) is 1.13. The third-order valence-electron chi connectivity index (χ3n) is 3.28. The molecule has 0 aliphatic heterocycles. The van der Waals surface area contributed by atoms with Gasteiger partial charge in [-0.1, -0.05) is 12.1 Å². The number of amides is 1. The second-order valence-corrected chi connectivity index (χ2v) is 5.40. The molecule has 0 saturated carbocycles. The van der Waals surface area contributed by atoms with Crippen molar-refractivity contribution < 1.29 is 18.0 Å². The van der Waals surface area contributed by atoms with E-state index >= 15 is 0 Å². The summed E-state index contributed by atoms with van der Waals surface area (Å²) in [5.41, 5.74) is 1.52. The fourth-order valence-electron chi connectivity index (χ4n) is 2.13. The fourth-order valence-corrected chi connectivity index (χ4v) is 2.13. The molecule has 8 heteroatoms. The predicted molar refractivity (Wildman–Crippen MR) is 84.9 cm³/mol. The van der Waals surface area contributed by atoms with Crippen molar-refractivity contribution in [2.75, 3.05) is 6.54 Å². The molecule has 0 aliphatic rings. The van der Waals surface area contributed by atoms with Crippen LogP contribution in [0.4, 0.5) is 13.2 Å². The summed E-state index contributed by atoms with van der Waals surface area (Å²) in [4.78, 5) is 12.9. The zero-order chi connectivity index (χ0) is 18.4. The van der Waals surface area contributed by atoms with Gasteiger partial charge in [0.05, 0.1) is 17.8 Å². The average Bonchev–Trinajstić information content (AvgIpc) is 2.97. The fraction of sp³-hybridized carbons (Fsp3) is 0.235. The van der Waals surface area contributed by atoms with Gasteiger partial charge < -0.3 is 4.90 Å². The van der Waals surface area contributed by atoms with Crippen LogP contribution in [0.1, 0.15) is 16.7 Å². The van der Waals surface area contributed by atoms with E-state index < -0.39 is 18.6 Å². The minimum absolute atomic E-state index is 0.207. The number of benzene rings is 1. The number of nitrogens with zero attached hydrogens (tertiary/aromatic N) is 4. The minimum Gasteiger partial charge on any atom is -0.326 e. The molecular weight excluding hydrogens is 333 g/mol. The molecule has 0 spiro atoms. The molecule has 0 atom stereocenters. The van der Waals surface area contributed by atoms with Gasteiger partial charge in [-0.15, -0.1) is 0 Å². The Labute approximate surface area is 142 Å². The first-order valence-electron chi connectivity index (χ1n) is 7.28. The molecule has 0 aliphatic carbocycles.